The van der Waals surface area contributed by atoms with Crippen LogP contribution in [0.2, 0.25) is 5.02 Å². The molecule has 13 heteroatoms. The molecule has 0 aliphatic carbocycles. The molecular formula is C27H26ClN5O5S2. The summed E-state index contributed by atoms with van der Waals surface area (Å²) in [5.41, 5.74) is 2.50. The van der Waals surface area contributed by atoms with Crippen LogP contribution in [0.3, 0.4) is 0 Å². The SMILES string of the molecule is Cc1ccc(S(=O)(=O)N(CC(=O)Nc2ccc(S(=O)(=O)Nc3nccc(C)n3)cc2)c2cccc(Cl)c2C)cc1. The van der Waals surface area contributed by atoms with E-state index in [0.29, 0.717) is 16.3 Å². The number of anilines is 3. The van der Waals surface area contributed by atoms with Crippen molar-refractivity contribution in [2.45, 2.75) is 30.6 Å². The number of amides is 1. The Morgan fingerprint density at radius 1 is 0.875 bits per heavy atom. The zero-order chi connectivity index (χ0) is 29.1. The molecule has 3 aromatic carbocycles. The van der Waals surface area contributed by atoms with E-state index in [2.05, 4.69) is 20.0 Å². The molecule has 4 rings (SSSR count). The maximum absolute atomic E-state index is 13.6. The first kappa shape index (κ1) is 29.0. The molecule has 0 atom stereocenters. The van der Waals surface area contributed by atoms with E-state index in [-0.39, 0.29) is 27.1 Å². The van der Waals surface area contributed by atoms with Crippen molar-refractivity contribution in [2.24, 2.45) is 0 Å². The molecule has 40 heavy (non-hydrogen) atoms. The summed E-state index contributed by atoms with van der Waals surface area (Å²) < 4.78 is 56.0. The van der Waals surface area contributed by atoms with Gasteiger partial charge in [-0.25, -0.2) is 31.5 Å². The molecule has 0 saturated carbocycles. The maximum Gasteiger partial charge on any atom is 0.264 e. The molecule has 1 aromatic heterocycles. The summed E-state index contributed by atoms with van der Waals surface area (Å²) in [7, 11) is -8.12. The highest BCUT2D eigenvalue weighted by molar-refractivity contribution is 7.93. The number of hydrogen-bond donors (Lipinski definition) is 2. The summed E-state index contributed by atoms with van der Waals surface area (Å²) in [5, 5.41) is 2.98. The van der Waals surface area contributed by atoms with Crippen LogP contribution in [0.1, 0.15) is 16.8 Å². The van der Waals surface area contributed by atoms with Gasteiger partial charge in [0, 0.05) is 22.6 Å². The van der Waals surface area contributed by atoms with Gasteiger partial charge >= 0.3 is 0 Å². The normalized spacial score (nSPS) is 11.6. The third kappa shape index (κ3) is 6.58. The van der Waals surface area contributed by atoms with Crippen LogP contribution in [0.5, 0.6) is 0 Å². The highest BCUT2D eigenvalue weighted by atomic mass is 35.5. The van der Waals surface area contributed by atoms with Gasteiger partial charge < -0.3 is 5.32 Å². The lowest BCUT2D eigenvalue weighted by atomic mass is 10.2. The Labute approximate surface area is 238 Å². The van der Waals surface area contributed by atoms with Crippen molar-refractivity contribution >= 4 is 54.9 Å². The molecule has 0 spiro atoms. The third-order valence-electron chi connectivity index (χ3n) is 5.87. The summed E-state index contributed by atoms with van der Waals surface area (Å²) in [6.07, 6.45) is 1.44. The molecule has 208 valence electrons. The van der Waals surface area contributed by atoms with Crippen molar-refractivity contribution in [1.82, 2.24) is 9.97 Å². The van der Waals surface area contributed by atoms with Crippen LogP contribution in [0.15, 0.2) is 88.8 Å². The molecule has 0 aliphatic rings. The van der Waals surface area contributed by atoms with Gasteiger partial charge in [-0.05, 0) is 80.9 Å². The second kappa shape index (κ2) is 11.6. The number of benzene rings is 3. The quantitative estimate of drug-likeness (QED) is 0.284. The molecule has 0 aliphatic heterocycles. The van der Waals surface area contributed by atoms with Crippen LogP contribution in [0.25, 0.3) is 0 Å². The van der Waals surface area contributed by atoms with E-state index in [4.69, 9.17) is 11.6 Å². The minimum atomic E-state index is -4.14. The smallest absolute Gasteiger partial charge is 0.264 e. The summed E-state index contributed by atoms with van der Waals surface area (Å²) in [6, 6.07) is 18.1. The number of rotatable bonds is 9. The molecule has 0 bridgehead atoms. The van der Waals surface area contributed by atoms with Gasteiger partial charge in [-0.2, -0.15) is 0 Å². The number of hydrogen-bond acceptors (Lipinski definition) is 7. The maximum atomic E-state index is 13.6. The fraction of sp³-hybridized carbons (Fsp3) is 0.148. The molecular weight excluding hydrogens is 574 g/mol. The number of sulfonamides is 2. The van der Waals surface area contributed by atoms with E-state index >= 15 is 0 Å². The van der Waals surface area contributed by atoms with Gasteiger partial charge in [0.2, 0.25) is 11.9 Å². The fourth-order valence-electron chi connectivity index (χ4n) is 3.73. The van der Waals surface area contributed by atoms with Crippen molar-refractivity contribution in [3.05, 3.63) is 101 Å². The zero-order valence-corrected chi connectivity index (χ0v) is 24.2. The lowest BCUT2D eigenvalue weighted by Gasteiger charge is -2.26. The molecule has 0 unspecified atom stereocenters. The van der Waals surface area contributed by atoms with Crippen molar-refractivity contribution in [2.75, 3.05) is 20.9 Å². The number of aryl methyl sites for hydroxylation is 2. The summed E-state index contributed by atoms with van der Waals surface area (Å²) in [4.78, 5) is 21.0. The lowest BCUT2D eigenvalue weighted by molar-refractivity contribution is -0.114. The Kier molecular flexibility index (Phi) is 8.43. The Morgan fingerprint density at radius 3 is 2.17 bits per heavy atom. The Bertz CT molecular complexity index is 1760. The van der Waals surface area contributed by atoms with Gasteiger partial charge in [-0.3, -0.25) is 9.10 Å². The predicted molar refractivity (Wildman–Crippen MR) is 155 cm³/mol. The topological polar surface area (TPSA) is 138 Å². The molecule has 0 fully saturated rings. The van der Waals surface area contributed by atoms with Crippen LogP contribution >= 0.6 is 11.6 Å². The lowest BCUT2D eigenvalue weighted by Crippen LogP contribution is -2.38. The number of nitrogens with one attached hydrogen (secondary N) is 2. The fourth-order valence-corrected chi connectivity index (χ4v) is 6.33. The van der Waals surface area contributed by atoms with Crippen molar-refractivity contribution in [3.63, 3.8) is 0 Å². The van der Waals surface area contributed by atoms with Gasteiger partial charge in [0.1, 0.15) is 6.54 Å². The highest BCUT2D eigenvalue weighted by Crippen LogP contribution is 2.31. The van der Waals surface area contributed by atoms with Crippen LogP contribution in [-0.4, -0.2) is 39.3 Å². The van der Waals surface area contributed by atoms with E-state index in [0.717, 1.165) is 9.87 Å². The van der Waals surface area contributed by atoms with Crippen LogP contribution in [0.4, 0.5) is 17.3 Å². The van der Waals surface area contributed by atoms with E-state index in [9.17, 15) is 21.6 Å². The average molecular weight is 600 g/mol. The standard InChI is InChI=1S/C27H26ClN5O5S2/c1-18-7-11-23(12-8-18)40(37,38)33(25-6-4-5-24(28)20(25)3)17-26(34)31-21-9-13-22(14-10-21)39(35,36)32-27-29-16-15-19(2)30-27/h4-16H,17H2,1-3H3,(H,31,34)(H,29,30,32). The zero-order valence-electron chi connectivity index (χ0n) is 21.8. The second-order valence-corrected chi connectivity index (χ2v) is 12.9. The largest absolute Gasteiger partial charge is 0.325 e. The predicted octanol–water partition coefficient (Wildman–Crippen LogP) is 4.69. The minimum Gasteiger partial charge on any atom is -0.325 e. The van der Waals surface area contributed by atoms with Gasteiger partial charge in [0.05, 0.1) is 15.5 Å². The van der Waals surface area contributed by atoms with Crippen molar-refractivity contribution in [3.8, 4) is 0 Å². The molecule has 0 saturated heterocycles. The molecule has 4 aromatic rings. The van der Waals surface area contributed by atoms with Crippen molar-refractivity contribution < 1.29 is 21.6 Å². The molecule has 1 amide bonds. The van der Waals surface area contributed by atoms with Gasteiger partial charge in [-0.15, -0.1) is 0 Å². The number of halogens is 1. The molecule has 0 radical (unpaired) electrons. The van der Waals surface area contributed by atoms with Crippen molar-refractivity contribution in [1.29, 1.82) is 0 Å². The highest BCUT2D eigenvalue weighted by Gasteiger charge is 2.29. The first-order valence-electron chi connectivity index (χ1n) is 11.9. The van der Waals surface area contributed by atoms with E-state index in [1.807, 2.05) is 6.92 Å². The molecule has 1 heterocycles. The summed E-state index contributed by atoms with van der Waals surface area (Å²) in [5.74, 6) is -0.708. The van der Waals surface area contributed by atoms with Gasteiger partial charge in [-0.1, -0.05) is 35.4 Å². The Morgan fingerprint density at radius 2 is 1.52 bits per heavy atom. The number of nitrogens with zero attached hydrogens (tertiary/aromatic N) is 3. The number of carbonyl (C=O) groups is 1. The first-order valence-corrected chi connectivity index (χ1v) is 15.2. The first-order chi connectivity index (χ1) is 18.9. The Balaban J connectivity index is 1.56. The second-order valence-electron chi connectivity index (χ2n) is 8.91. The van der Waals surface area contributed by atoms with Crippen LogP contribution in [-0.2, 0) is 24.8 Å². The molecule has 2 N–H and O–H groups in total. The Hall–Kier alpha value is -4.00. The molecule has 10 nitrogen and oxygen atoms in total. The monoisotopic (exact) mass is 599 g/mol. The number of aromatic nitrogens is 2. The van der Waals surface area contributed by atoms with Gasteiger partial charge in [0.25, 0.3) is 20.0 Å². The van der Waals surface area contributed by atoms with E-state index in [1.165, 1.54) is 42.6 Å². The summed E-state index contributed by atoms with van der Waals surface area (Å²) >= 11 is 6.27. The summed E-state index contributed by atoms with van der Waals surface area (Å²) in [6.45, 7) is 4.66. The van der Waals surface area contributed by atoms with Crippen LogP contribution < -0.4 is 14.3 Å². The van der Waals surface area contributed by atoms with Gasteiger partial charge in [0.15, 0.2) is 0 Å². The minimum absolute atomic E-state index is 0.0184. The average Bonchev–Trinajstić information content (AvgIpc) is 2.89. The third-order valence-corrected chi connectivity index (χ3v) is 9.40. The van der Waals surface area contributed by atoms with Crippen LogP contribution in [0, 0.1) is 20.8 Å². The number of carbonyl (C=O) groups excluding carboxylic acids is 1. The van der Waals surface area contributed by atoms with E-state index < -0.39 is 32.5 Å². The van der Waals surface area contributed by atoms with E-state index in [1.54, 1.807) is 50.2 Å².